The molecule has 1 aliphatic heterocycles. The van der Waals surface area contributed by atoms with E-state index in [1.165, 1.54) is 5.56 Å². The number of fused-ring (bicyclic) bond motifs is 2. The van der Waals surface area contributed by atoms with Gasteiger partial charge in [0.1, 0.15) is 5.58 Å². The summed E-state index contributed by atoms with van der Waals surface area (Å²) in [7, 11) is 0. The van der Waals surface area contributed by atoms with Gasteiger partial charge in [-0.05, 0) is 54.8 Å². The summed E-state index contributed by atoms with van der Waals surface area (Å²) in [5, 5.41) is 0.822. The van der Waals surface area contributed by atoms with Gasteiger partial charge in [-0.1, -0.05) is 60.5 Å². The van der Waals surface area contributed by atoms with Gasteiger partial charge in [0.15, 0.2) is 5.43 Å². The smallest absolute Gasteiger partial charge is 0.295 e. The van der Waals surface area contributed by atoms with Gasteiger partial charge < -0.3 is 4.42 Å². The highest BCUT2D eigenvalue weighted by Crippen LogP contribution is 2.41. The summed E-state index contributed by atoms with van der Waals surface area (Å²) < 4.78 is 5.97. The van der Waals surface area contributed by atoms with E-state index in [2.05, 4.69) is 6.92 Å². The van der Waals surface area contributed by atoms with Gasteiger partial charge in [-0.25, -0.2) is 0 Å². The second kappa shape index (κ2) is 7.40. The van der Waals surface area contributed by atoms with Crippen LogP contribution in [0.5, 0.6) is 0 Å². The summed E-state index contributed by atoms with van der Waals surface area (Å²) in [5.74, 6) is -0.234. The van der Waals surface area contributed by atoms with Gasteiger partial charge in [-0.3, -0.25) is 14.5 Å². The molecule has 0 saturated carbocycles. The fraction of sp³-hybridized carbons (Fsp3) is 0.154. The zero-order valence-electron chi connectivity index (χ0n) is 17.2. The van der Waals surface area contributed by atoms with Crippen molar-refractivity contribution in [3.05, 3.63) is 110 Å². The number of amides is 1. The Bertz CT molecular complexity index is 1370. The van der Waals surface area contributed by atoms with Crippen LogP contribution in [0, 0.1) is 6.92 Å². The third-order valence-corrected chi connectivity index (χ3v) is 6.08. The molecule has 0 saturated heterocycles. The molecular weight excluding hydrogens is 410 g/mol. The molecule has 0 fully saturated rings. The van der Waals surface area contributed by atoms with Crippen LogP contribution in [0.15, 0.2) is 75.9 Å². The zero-order chi connectivity index (χ0) is 21.7. The highest BCUT2D eigenvalue weighted by Gasteiger charge is 2.43. The maximum atomic E-state index is 13.6. The number of anilines is 1. The molecule has 0 aliphatic carbocycles. The van der Waals surface area contributed by atoms with Gasteiger partial charge in [-0.15, -0.1) is 0 Å². The Morgan fingerprint density at radius 1 is 0.968 bits per heavy atom. The lowest BCUT2D eigenvalue weighted by Crippen LogP contribution is -2.29. The Kier molecular flexibility index (Phi) is 4.67. The van der Waals surface area contributed by atoms with Gasteiger partial charge in [-0.2, -0.15) is 0 Å². The lowest BCUT2D eigenvalue weighted by atomic mass is 9.97. The minimum Gasteiger partial charge on any atom is -0.450 e. The van der Waals surface area contributed by atoms with E-state index >= 15 is 0 Å². The monoisotopic (exact) mass is 429 g/mol. The van der Waals surface area contributed by atoms with Crippen LogP contribution >= 0.6 is 11.6 Å². The number of hydrogen-bond acceptors (Lipinski definition) is 3. The number of rotatable bonds is 3. The summed E-state index contributed by atoms with van der Waals surface area (Å²) in [6, 6.07) is 20.0. The third kappa shape index (κ3) is 3.15. The van der Waals surface area contributed by atoms with E-state index in [0.717, 1.165) is 17.5 Å². The summed E-state index contributed by atoms with van der Waals surface area (Å²) >= 11 is 6.14. The van der Waals surface area contributed by atoms with Crippen molar-refractivity contribution >= 4 is 34.2 Å². The SMILES string of the molecule is CCc1ccc(C2c3c(oc4ccc(Cl)cc4c3=O)C(=O)N2c2ccc(C)cc2)cc1. The fourth-order valence-corrected chi connectivity index (χ4v) is 4.34. The van der Waals surface area contributed by atoms with Crippen LogP contribution in [0.2, 0.25) is 5.02 Å². The van der Waals surface area contributed by atoms with Gasteiger partial charge >= 0.3 is 0 Å². The Balaban J connectivity index is 1.79. The molecular formula is C26H20ClNO3. The standard InChI is InChI=1S/C26H20ClNO3/c1-3-16-6-8-17(9-7-16)23-22-24(29)20-14-18(27)10-13-21(20)31-25(22)26(30)28(23)19-11-4-15(2)5-12-19/h4-14,23H,3H2,1-2H3. The molecule has 1 aliphatic rings. The second-order valence-corrected chi connectivity index (χ2v) is 8.26. The predicted molar refractivity (Wildman–Crippen MR) is 123 cm³/mol. The Hall–Kier alpha value is -3.37. The topological polar surface area (TPSA) is 50.5 Å². The van der Waals surface area contributed by atoms with Crippen molar-refractivity contribution in [1.82, 2.24) is 0 Å². The summed E-state index contributed by atoms with van der Waals surface area (Å²) in [6.45, 7) is 4.08. The van der Waals surface area contributed by atoms with Crippen LogP contribution in [0.1, 0.15) is 45.8 Å². The minimum atomic E-state index is -0.573. The number of hydrogen-bond donors (Lipinski definition) is 0. The van der Waals surface area contributed by atoms with Crippen molar-refractivity contribution in [3.63, 3.8) is 0 Å². The van der Waals surface area contributed by atoms with Gasteiger partial charge in [0, 0.05) is 10.7 Å². The van der Waals surface area contributed by atoms with E-state index in [-0.39, 0.29) is 17.1 Å². The average Bonchev–Trinajstić information content (AvgIpc) is 3.07. The van der Waals surface area contributed by atoms with Gasteiger partial charge in [0.25, 0.3) is 5.91 Å². The van der Waals surface area contributed by atoms with Crippen LogP contribution in [0.25, 0.3) is 11.0 Å². The molecule has 1 atom stereocenters. The average molecular weight is 430 g/mol. The van der Waals surface area contributed by atoms with Gasteiger partial charge in [0.05, 0.1) is 17.0 Å². The van der Waals surface area contributed by atoms with Crippen molar-refractivity contribution < 1.29 is 9.21 Å². The van der Waals surface area contributed by atoms with E-state index < -0.39 is 6.04 Å². The molecule has 4 nitrogen and oxygen atoms in total. The van der Waals surface area contributed by atoms with Crippen LogP contribution in [0.3, 0.4) is 0 Å². The molecule has 3 aromatic carbocycles. The first-order chi connectivity index (χ1) is 15.0. The Morgan fingerprint density at radius 3 is 2.35 bits per heavy atom. The first-order valence-corrected chi connectivity index (χ1v) is 10.6. The fourth-order valence-electron chi connectivity index (χ4n) is 4.17. The number of benzene rings is 3. The zero-order valence-corrected chi connectivity index (χ0v) is 17.9. The van der Waals surface area contributed by atoms with Crippen LogP contribution in [-0.4, -0.2) is 5.91 Å². The number of nitrogens with zero attached hydrogens (tertiary/aromatic N) is 1. The molecule has 0 N–H and O–H groups in total. The number of aryl methyl sites for hydroxylation is 2. The van der Waals surface area contributed by atoms with E-state index in [1.807, 2.05) is 55.5 Å². The van der Waals surface area contributed by atoms with Crippen molar-refractivity contribution in [3.8, 4) is 0 Å². The highest BCUT2D eigenvalue weighted by molar-refractivity contribution is 6.31. The minimum absolute atomic E-state index is 0.0879. The second-order valence-electron chi connectivity index (χ2n) is 7.82. The van der Waals surface area contributed by atoms with Crippen molar-refractivity contribution in [2.24, 2.45) is 0 Å². The molecule has 1 amide bonds. The molecule has 5 rings (SSSR count). The van der Waals surface area contributed by atoms with Gasteiger partial charge in [0.2, 0.25) is 5.76 Å². The van der Waals surface area contributed by atoms with E-state index in [9.17, 15) is 9.59 Å². The molecule has 0 spiro atoms. The van der Waals surface area contributed by atoms with Crippen molar-refractivity contribution in [2.45, 2.75) is 26.3 Å². The summed E-state index contributed by atoms with van der Waals surface area (Å²) in [4.78, 5) is 28.7. The van der Waals surface area contributed by atoms with Crippen LogP contribution in [-0.2, 0) is 6.42 Å². The lowest BCUT2D eigenvalue weighted by molar-refractivity contribution is 0.0971. The number of carbonyl (C=O) groups is 1. The van der Waals surface area contributed by atoms with Crippen molar-refractivity contribution in [2.75, 3.05) is 4.90 Å². The molecule has 154 valence electrons. The largest absolute Gasteiger partial charge is 0.450 e. The van der Waals surface area contributed by atoms with Crippen molar-refractivity contribution in [1.29, 1.82) is 0 Å². The summed E-state index contributed by atoms with van der Waals surface area (Å²) in [5.41, 5.74) is 4.33. The first kappa shape index (κ1) is 19.6. The molecule has 0 radical (unpaired) electrons. The maximum absolute atomic E-state index is 13.6. The van der Waals surface area contributed by atoms with E-state index in [0.29, 0.717) is 27.2 Å². The number of carbonyl (C=O) groups excluding carboxylic acids is 1. The molecule has 5 heteroatoms. The molecule has 2 heterocycles. The van der Waals surface area contributed by atoms with E-state index in [1.54, 1.807) is 23.1 Å². The van der Waals surface area contributed by atoms with Crippen LogP contribution < -0.4 is 10.3 Å². The van der Waals surface area contributed by atoms with Crippen LogP contribution in [0.4, 0.5) is 5.69 Å². The normalized spacial score (nSPS) is 15.5. The Labute approximate surface area is 184 Å². The predicted octanol–water partition coefficient (Wildman–Crippen LogP) is 6.07. The Morgan fingerprint density at radius 2 is 1.68 bits per heavy atom. The first-order valence-electron chi connectivity index (χ1n) is 10.2. The molecule has 31 heavy (non-hydrogen) atoms. The summed E-state index contributed by atoms with van der Waals surface area (Å²) in [6.07, 6.45) is 0.910. The quantitative estimate of drug-likeness (QED) is 0.397. The lowest BCUT2D eigenvalue weighted by Gasteiger charge is -2.25. The maximum Gasteiger partial charge on any atom is 0.295 e. The number of halogens is 1. The molecule has 1 aromatic heterocycles. The van der Waals surface area contributed by atoms with E-state index in [4.69, 9.17) is 16.0 Å². The highest BCUT2D eigenvalue weighted by atomic mass is 35.5. The third-order valence-electron chi connectivity index (χ3n) is 5.85. The molecule has 1 unspecified atom stereocenters. The molecule has 4 aromatic rings. The molecule has 0 bridgehead atoms.